The molecule has 0 unspecified atom stereocenters. The van der Waals surface area contributed by atoms with E-state index in [1.165, 1.54) is 49.0 Å². The van der Waals surface area contributed by atoms with Gasteiger partial charge in [0.25, 0.3) is 0 Å². The number of para-hydroxylation sites is 3. The van der Waals surface area contributed by atoms with E-state index >= 15 is 0 Å². The largest absolute Gasteiger partial charge is 0.437 e. The average Bonchev–Trinajstić information content (AvgIpc) is 3.66. The highest BCUT2D eigenvalue weighted by molar-refractivity contribution is 6.35. The summed E-state index contributed by atoms with van der Waals surface area (Å²) in [6.07, 6.45) is 0. The predicted octanol–water partition coefficient (Wildman–Crippen LogP) is 9.17. The van der Waals surface area contributed by atoms with Crippen molar-refractivity contribution in [3.63, 3.8) is 0 Å². The molecule has 0 N–H and O–H groups in total. The molecular formula is C35H21N3O. The van der Waals surface area contributed by atoms with Crippen LogP contribution in [0.4, 0.5) is 0 Å². The highest BCUT2D eigenvalue weighted by Crippen LogP contribution is 2.48. The van der Waals surface area contributed by atoms with Crippen molar-refractivity contribution in [2.45, 2.75) is 0 Å². The Labute approximate surface area is 221 Å². The number of aryl methyl sites for hydroxylation is 1. The van der Waals surface area contributed by atoms with Gasteiger partial charge in [-0.3, -0.25) is 4.57 Å². The summed E-state index contributed by atoms with van der Waals surface area (Å²) in [5.41, 5.74) is 10.1. The Hall–Kier alpha value is -5.22. The van der Waals surface area contributed by atoms with Crippen LogP contribution in [0.15, 0.2) is 114 Å². The van der Waals surface area contributed by atoms with Crippen molar-refractivity contribution in [2.75, 3.05) is 0 Å². The van der Waals surface area contributed by atoms with Crippen molar-refractivity contribution in [1.29, 1.82) is 0 Å². The maximum absolute atomic E-state index is 6.96. The zero-order chi connectivity index (χ0) is 25.4. The van der Waals surface area contributed by atoms with Crippen LogP contribution in [0.1, 0.15) is 0 Å². The van der Waals surface area contributed by atoms with E-state index < -0.39 is 0 Å². The van der Waals surface area contributed by atoms with Crippen LogP contribution >= 0.6 is 0 Å². The number of nitrogens with zero attached hydrogens (tertiary/aromatic N) is 3. The van der Waals surface area contributed by atoms with Crippen molar-refractivity contribution in [1.82, 2.24) is 13.5 Å². The second-order valence-electron chi connectivity index (χ2n) is 10.6. The smallest absolute Gasteiger partial charge is 0.215 e. The molecule has 10 rings (SSSR count). The van der Waals surface area contributed by atoms with E-state index in [4.69, 9.17) is 4.42 Å². The summed E-state index contributed by atoms with van der Waals surface area (Å²) >= 11 is 0. The minimum absolute atomic E-state index is 0.885. The molecule has 10 aromatic rings. The van der Waals surface area contributed by atoms with Crippen LogP contribution in [0.5, 0.6) is 0 Å². The van der Waals surface area contributed by atoms with E-state index in [-0.39, 0.29) is 0 Å². The maximum Gasteiger partial charge on any atom is 0.215 e. The summed E-state index contributed by atoms with van der Waals surface area (Å²) < 4.78 is 14.0. The third-order valence-corrected chi connectivity index (χ3v) is 8.79. The molecule has 5 aromatic carbocycles. The lowest BCUT2D eigenvalue weighted by molar-refractivity contribution is 0.649. The molecule has 39 heavy (non-hydrogen) atoms. The normalized spacial score (nSPS) is 12.7. The summed E-state index contributed by atoms with van der Waals surface area (Å²) in [6.45, 7) is 0. The van der Waals surface area contributed by atoms with Gasteiger partial charge in [0.1, 0.15) is 5.52 Å². The lowest BCUT2D eigenvalue weighted by Gasteiger charge is -2.05. The zero-order valence-corrected chi connectivity index (χ0v) is 21.1. The van der Waals surface area contributed by atoms with Crippen LogP contribution in [-0.4, -0.2) is 13.5 Å². The van der Waals surface area contributed by atoms with Crippen LogP contribution < -0.4 is 0 Å². The fraction of sp³-hybridized carbons (Fsp3) is 0.0286. The Kier molecular flexibility index (Phi) is 3.36. The summed E-state index contributed by atoms with van der Waals surface area (Å²) in [6, 6.07) is 39.2. The molecule has 0 amide bonds. The lowest BCUT2D eigenvalue weighted by atomic mass is 10.0. The Morgan fingerprint density at radius 2 is 1.18 bits per heavy atom. The molecule has 0 bridgehead atoms. The second-order valence-corrected chi connectivity index (χ2v) is 10.6. The van der Waals surface area contributed by atoms with Crippen molar-refractivity contribution >= 4 is 82.1 Å². The minimum Gasteiger partial charge on any atom is -0.437 e. The van der Waals surface area contributed by atoms with Crippen molar-refractivity contribution in [2.24, 2.45) is 7.05 Å². The van der Waals surface area contributed by atoms with E-state index in [2.05, 4.69) is 130 Å². The quantitative estimate of drug-likeness (QED) is 0.221. The van der Waals surface area contributed by atoms with E-state index in [1.54, 1.807) is 0 Å². The number of fused-ring (bicyclic) bond motifs is 10. The van der Waals surface area contributed by atoms with Gasteiger partial charge in [0.15, 0.2) is 5.58 Å². The number of aromatic nitrogens is 3. The van der Waals surface area contributed by atoms with Gasteiger partial charge >= 0.3 is 0 Å². The summed E-state index contributed by atoms with van der Waals surface area (Å²) in [4.78, 5) is 0. The van der Waals surface area contributed by atoms with Gasteiger partial charge in [0.2, 0.25) is 5.71 Å². The summed E-state index contributed by atoms with van der Waals surface area (Å²) in [5, 5.41) is 8.63. The van der Waals surface area contributed by atoms with Gasteiger partial charge in [-0.1, -0.05) is 66.7 Å². The van der Waals surface area contributed by atoms with Gasteiger partial charge in [-0.25, -0.2) is 0 Å². The number of furan rings is 1. The molecule has 182 valence electrons. The SMILES string of the molecule is Cn1c2cccc3c4ccccc4n4c5c(ccc1c5c32)c1oc2c(c3ccccc3n2-c2ccccc2)c14. The Balaban J connectivity index is 1.59. The zero-order valence-electron chi connectivity index (χ0n) is 21.1. The van der Waals surface area contributed by atoms with Crippen molar-refractivity contribution in [3.05, 3.63) is 109 Å². The molecule has 5 aromatic heterocycles. The third kappa shape index (κ3) is 2.16. The van der Waals surface area contributed by atoms with E-state index in [0.29, 0.717) is 0 Å². The monoisotopic (exact) mass is 499 g/mol. The topological polar surface area (TPSA) is 27.4 Å². The van der Waals surface area contributed by atoms with Gasteiger partial charge in [-0.15, -0.1) is 0 Å². The number of rotatable bonds is 1. The molecule has 4 heteroatoms. The number of hydrogen-bond donors (Lipinski definition) is 0. The first-order valence-corrected chi connectivity index (χ1v) is 13.4. The van der Waals surface area contributed by atoms with Crippen LogP contribution in [0.25, 0.3) is 87.8 Å². The Morgan fingerprint density at radius 3 is 2.05 bits per heavy atom. The summed E-state index contributed by atoms with van der Waals surface area (Å²) in [7, 11) is 2.18. The second kappa shape index (κ2) is 6.61. The minimum atomic E-state index is 0.885. The van der Waals surface area contributed by atoms with Crippen LogP contribution in [-0.2, 0) is 7.05 Å². The third-order valence-electron chi connectivity index (χ3n) is 8.79. The average molecular weight is 500 g/mol. The summed E-state index contributed by atoms with van der Waals surface area (Å²) in [5.74, 6) is 0. The van der Waals surface area contributed by atoms with Crippen LogP contribution in [0.2, 0.25) is 0 Å². The maximum atomic E-state index is 6.96. The highest BCUT2D eigenvalue weighted by atomic mass is 16.3. The first-order chi connectivity index (χ1) is 19.3. The van der Waals surface area contributed by atoms with E-state index in [1.807, 2.05) is 0 Å². The standard InChI is InChI=1S/C35H21N3O/c1-36-27-17-9-14-22-21-12-5-7-15-25(21)38-32-24(18-19-28(36)31(32)29(22)27)34-33(38)30-23-13-6-8-16-26(23)37(35(30)39-34)20-10-3-2-4-11-20/h2-19H,1H3. The molecular weight excluding hydrogens is 478 g/mol. The molecule has 0 spiro atoms. The van der Waals surface area contributed by atoms with Gasteiger partial charge < -0.3 is 13.4 Å². The van der Waals surface area contributed by atoms with Crippen molar-refractivity contribution in [3.8, 4) is 5.69 Å². The first kappa shape index (κ1) is 19.8. The van der Waals surface area contributed by atoms with Crippen LogP contribution in [0, 0.1) is 0 Å². The molecule has 0 radical (unpaired) electrons. The van der Waals surface area contributed by atoms with E-state index in [9.17, 15) is 0 Å². The molecule has 0 saturated carbocycles. The molecule has 5 heterocycles. The van der Waals surface area contributed by atoms with Gasteiger partial charge in [-0.05, 0) is 47.9 Å². The van der Waals surface area contributed by atoms with Gasteiger partial charge in [0, 0.05) is 45.2 Å². The lowest BCUT2D eigenvalue weighted by Crippen LogP contribution is -1.92. The molecule has 4 nitrogen and oxygen atoms in total. The molecule has 0 aliphatic rings. The van der Waals surface area contributed by atoms with Gasteiger partial charge in [0.05, 0.1) is 27.5 Å². The number of hydrogen-bond acceptors (Lipinski definition) is 1. The van der Waals surface area contributed by atoms with Gasteiger partial charge in [-0.2, -0.15) is 0 Å². The predicted molar refractivity (Wildman–Crippen MR) is 162 cm³/mol. The Morgan fingerprint density at radius 1 is 0.487 bits per heavy atom. The van der Waals surface area contributed by atoms with Crippen LogP contribution in [0.3, 0.4) is 0 Å². The highest BCUT2D eigenvalue weighted by Gasteiger charge is 2.27. The van der Waals surface area contributed by atoms with E-state index in [0.717, 1.165) is 38.8 Å². The fourth-order valence-electron chi connectivity index (χ4n) is 7.24. The van der Waals surface area contributed by atoms with Crippen molar-refractivity contribution < 1.29 is 4.42 Å². The Bertz CT molecular complexity index is 2610. The number of benzene rings is 5. The molecule has 0 atom stereocenters. The first-order valence-electron chi connectivity index (χ1n) is 13.4. The molecule has 0 saturated heterocycles. The fourth-order valence-corrected chi connectivity index (χ4v) is 7.24. The molecule has 0 aliphatic carbocycles. The molecule has 0 fully saturated rings. The molecule has 0 aliphatic heterocycles.